The van der Waals surface area contributed by atoms with Crippen molar-refractivity contribution in [2.75, 3.05) is 36.0 Å². The quantitative estimate of drug-likeness (QED) is 0.725. The number of aromatic nitrogens is 3. The molecule has 118 valence electrons. The summed E-state index contributed by atoms with van der Waals surface area (Å²) in [6, 6.07) is 6.80. The van der Waals surface area contributed by atoms with Gasteiger partial charge in [0, 0.05) is 32.4 Å². The summed E-state index contributed by atoms with van der Waals surface area (Å²) in [5, 5.41) is 0. The monoisotopic (exact) mass is 309 g/mol. The molecule has 0 N–H and O–H groups in total. The Balaban J connectivity index is 1.50. The lowest BCUT2D eigenvalue weighted by Crippen LogP contribution is -2.47. The van der Waals surface area contributed by atoms with Gasteiger partial charge in [-0.3, -0.25) is 4.98 Å². The van der Waals surface area contributed by atoms with E-state index in [1.165, 1.54) is 5.56 Å². The minimum atomic E-state index is 0.709. The fourth-order valence-corrected chi connectivity index (χ4v) is 2.89. The molecule has 0 amide bonds. The molecule has 0 aliphatic carbocycles. The van der Waals surface area contributed by atoms with E-state index in [1.54, 1.807) is 6.20 Å². The molecular formula is C17H19N5O. The van der Waals surface area contributed by atoms with Crippen molar-refractivity contribution >= 4 is 22.9 Å². The third kappa shape index (κ3) is 2.72. The average molecular weight is 309 g/mol. The Bertz CT molecular complexity index is 836. The molecular weight excluding hydrogens is 290 g/mol. The van der Waals surface area contributed by atoms with Gasteiger partial charge < -0.3 is 14.2 Å². The predicted molar refractivity (Wildman–Crippen MR) is 89.9 cm³/mol. The highest BCUT2D eigenvalue weighted by Crippen LogP contribution is 2.24. The highest BCUT2D eigenvalue weighted by molar-refractivity contribution is 5.75. The molecule has 0 spiro atoms. The van der Waals surface area contributed by atoms with Crippen LogP contribution in [0.1, 0.15) is 11.3 Å². The molecule has 1 fully saturated rings. The van der Waals surface area contributed by atoms with Crippen molar-refractivity contribution in [1.82, 2.24) is 15.0 Å². The SMILES string of the molecule is Cc1ccc2oc(N3CCN(c4cncc(C)n4)CC3)nc2c1. The summed E-state index contributed by atoms with van der Waals surface area (Å²) in [5.74, 6) is 0.942. The van der Waals surface area contributed by atoms with Crippen LogP contribution in [0, 0.1) is 13.8 Å². The predicted octanol–water partition coefficient (Wildman–Crippen LogP) is 2.56. The van der Waals surface area contributed by atoms with Gasteiger partial charge >= 0.3 is 0 Å². The Kier molecular flexibility index (Phi) is 3.37. The maximum atomic E-state index is 5.89. The summed E-state index contributed by atoms with van der Waals surface area (Å²) in [5.41, 5.74) is 3.91. The van der Waals surface area contributed by atoms with E-state index in [0.29, 0.717) is 6.01 Å². The largest absolute Gasteiger partial charge is 0.423 e. The molecule has 23 heavy (non-hydrogen) atoms. The number of hydrogen-bond acceptors (Lipinski definition) is 6. The van der Waals surface area contributed by atoms with E-state index in [4.69, 9.17) is 4.42 Å². The molecule has 3 heterocycles. The molecule has 1 aliphatic rings. The third-order valence-corrected chi connectivity index (χ3v) is 4.15. The lowest BCUT2D eigenvalue weighted by atomic mass is 10.2. The molecule has 6 nitrogen and oxygen atoms in total. The highest BCUT2D eigenvalue weighted by atomic mass is 16.4. The van der Waals surface area contributed by atoms with Crippen LogP contribution >= 0.6 is 0 Å². The van der Waals surface area contributed by atoms with Crippen LogP contribution in [-0.2, 0) is 0 Å². The number of anilines is 2. The van der Waals surface area contributed by atoms with Gasteiger partial charge in [-0.25, -0.2) is 4.98 Å². The number of rotatable bonds is 2. The molecule has 6 heteroatoms. The van der Waals surface area contributed by atoms with Gasteiger partial charge in [0.05, 0.1) is 11.9 Å². The Morgan fingerprint density at radius 3 is 2.52 bits per heavy atom. The van der Waals surface area contributed by atoms with Crippen LogP contribution in [0.4, 0.5) is 11.8 Å². The zero-order valence-corrected chi connectivity index (χ0v) is 13.4. The smallest absolute Gasteiger partial charge is 0.298 e. The van der Waals surface area contributed by atoms with E-state index in [0.717, 1.165) is 48.8 Å². The van der Waals surface area contributed by atoms with Crippen molar-refractivity contribution in [2.45, 2.75) is 13.8 Å². The minimum absolute atomic E-state index is 0.709. The van der Waals surface area contributed by atoms with Crippen molar-refractivity contribution in [1.29, 1.82) is 0 Å². The Morgan fingerprint density at radius 1 is 0.957 bits per heavy atom. The van der Waals surface area contributed by atoms with Gasteiger partial charge in [0.25, 0.3) is 6.01 Å². The Labute approximate surface area is 134 Å². The second kappa shape index (κ2) is 5.53. The van der Waals surface area contributed by atoms with Crippen molar-refractivity contribution in [2.24, 2.45) is 0 Å². The topological polar surface area (TPSA) is 58.3 Å². The van der Waals surface area contributed by atoms with E-state index < -0.39 is 0 Å². The van der Waals surface area contributed by atoms with Crippen LogP contribution in [-0.4, -0.2) is 41.1 Å². The van der Waals surface area contributed by atoms with E-state index in [1.807, 2.05) is 25.3 Å². The maximum absolute atomic E-state index is 5.89. The Hall–Kier alpha value is -2.63. The molecule has 4 rings (SSSR count). The maximum Gasteiger partial charge on any atom is 0.298 e. The minimum Gasteiger partial charge on any atom is -0.423 e. The number of benzene rings is 1. The molecule has 3 aromatic rings. The van der Waals surface area contributed by atoms with Crippen LogP contribution < -0.4 is 9.80 Å². The first-order valence-corrected chi connectivity index (χ1v) is 7.85. The van der Waals surface area contributed by atoms with Crippen molar-refractivity contribution < 1.29 is 4.42 Å². The van der Waals surface area contributed by atoms with Crippen molar-refractivity contribution in [3.63, 3.8) is 0 Å². The van der Waals surface area contributed by atoms with Gasteiger partial charge in [0.1, 0.15) is 11.3 Å². The molecule has 0 saturated carbocycles. The van der Waals surface area contributed by atoms with E-state index in [-0.39, 0.29) is 0 Å². The summed E-state index contributed by atoms with van der Waals surface area (Å²) in [4.78, 5) is 17.8. The molecule has 0 atom stereocenters. The van der Waals surface area contributed by atoms with Gasteiger partial charge in [-0.15, -0.1) is 0 Å². The van der Waals surface area contributed by atoms with Crippen LogP contribution in [0.15, 0.2) is 35.0 Å². The number of hydrogen-bond donors (Lipinski definition) is 0. The van der Waals surface area contributed by atoms with Crippen LogP contribution in [0.5, 0.6) is 0 Å². The summed E-state index contributed by atoms with van der Waals surface area (Å²) in [7, 11) is 0. The number of nitrogens with zero attached hydrogens (tertiary/aromatic N) is 5. The van der Waals surface area contributed by atoms with Crippen LogP contribution in [0.2, 0.25) is 0 Å². The summed E-state index contributed by atoms with van der Waals surface area (Å²) in [6.07, 6.45) is 3.60. The van der Waals surface area contributed by atoms with Crippen LogP contribution in [0.3, 0.4) is 0 Å². The first-order chi connectivity index (χ1) is 11.2. The van der Waals surface area contributed by atoms with Gasteiger partial charge in [0.2, 0.25) is 0 Å². The third-order valence-electron chi connectivity index (χ3n) is 4.15. The zero-order valence-electron chi connectivity index (χ0n) is 13.4. The van der Waals surface area contributed by atoms with Crippen molar-refractivity contribution in [3.05, 3.63) is 41.9 Å². The normalized spacial score (nSPS) is 15.4. The standard InChI is InChI=1S/C17H19N5O/c1-12-3-4-15-14(9-12)20-17(23-15)22-7-5-21(6-8-22)16-11-18-10-13(2)19-16/h3-4,9-11H,5-8H2,1-2H3. The van der Waals surface area contributed by atoms with Gasteiger partial charge in [0.15, 0.2) is 5.58 Å². The lowest BCUT2D eigenvalue weighted by Gasteiger charge is -2.34. The Morgan fingerprint density at radius 2 is 1.74 bits per heavy atom. The first kappa shape index (κ1) is 14.0. The van der Waals surface area contributed by atoms with E-state index >= 15 is 0 Å². The number of aryl methyl sites for hydroxylation is 2. The first-order valence-electron chi connectivity index (χ1n) is 7.85. The molecule has 1 saturated heterocycles. The van der Waals surface area contributed by atoms with E-state index in [2.05, 4.69) is 37.7 Å². The second-order valence-corrected chi connectivity index (χ2v) is 5.96. The summed E-state index contributed by atoms with van der Waals surface area (Å²) in [6.45, 7) is 7.52. The van der Waals surface area contributed by atoms with Crippen LogP contribution in [0.25, 0.3) is 11.1 Å². The molecule has 0 radical (unpaired) electrons. The number of fused-ring (bicyclic) bond motifs is 1. The summed E-state index contributed by atoms with van der Waals surface area (Å²) < 4.78 is 5.89. The summed E-state index contributed by atoms with van der Waals surface area (Å²) >= 11 is 0. The highest BCUT2D eigenvalue weighted by Gasteiger charge is 2.22. The van der Waals surface area contributed by atoms with Gasteiger partial charge in [-0.2, -0.15) is 4.98 Å². The molecule has 0 bridgehead atoms. The molecule has 1 aliphatic heterocycles. The molecule has 1 aromatic carbocycles. The van der Waals surface area contributed by atoms with E-state index in [9.17, 15) is 0 Å². The second-order valence-electron chi connectivity index (χ2n) is 5.96. The zero-order chi connectivity index (χ0) is 15.8. The molecule has 2 aromatic heterocycles. The fourth-order valence-electron chi connectivity index (χ4n) is 2.89. The number of piperazine rings is 1. The van der Waals surface area contributed by atoms with Crippen molar-refractivity contribution in [3.8, 4) is 0 Å². The molecule has 0 unspecified atom stereocenters. The van der Waals surface area contributed by atoms with Gasteiger partial charge in [-0.05, 0) is 31.5 Å². The number of oxazole rings is 1. The lowest BCUT2D eigenvalue weighted by molar-refractivity contribution is 0.540. The van der Waals surface area contributed by atoms with Gasteiger partial charge in [-0.1, -0.05) is 6.07 Å². The average Bonchev–Trinajstić information content (AvgIpc) is 2.98. The fraction of sp³-hybridized carbons (Fsp3) is 0.353.